The Morgan fingerprint density at radius 2 is 1.79 bits per heavy atom. The Bertz CT molecular complexity index is 1030. The Kier molecular flexibility index (Phi) is 5.27. The second kappa shape index (κ2) is 7.87. The number of esters is 1. The van der Waals surface area contributed by atoms with Crippen LogP contribution in [0.15, 0.2) is 53.4 Å². The van der Waals surface area contributed by atoms with E-state index in [0.717, 1.165) is 31.2 Å². The first-order chi connectivity index (χ1) is 13.9. The Hall–Kier alpha value is -2.87. The lowest BCUT2D eigenvalue weighted by Gasteiger charge is -2.30. The number of hydrogen-bond donors (Lipinski definition) is 1. The molecule has 1 aliphatic carbocycles. The van der Waals surface area contributed by atoms with Gasteiger partial charge in [-0.1, -0.05) is 18.2 Å². The van der Waals surface area contributed by atoms with Crippen LogP contribution in [0.4, 0.5) is 5.69 Å². The molecule has 0 bridgehead atoms. The molecular weight excluding hydrogens is 392 g/mol. The summed E-state index contributed by atoms with van der Waals surface area (Å²) in [6.45, 7) is 0.0686. The number of sulfonamides is 1. The van der Waals surface area contributed by atoms with Gasteiger partial charge < -0.3 is 10.1 Å². The van der Waals surface area contributed by atoms with Gasteiger partial charge in [0, 0.05) is 12.6 Å². The van der Waals surface area contributed by atoms with Crippen LogP contribution in [0.2, 0.25) is 0 Å². The van der Waals surface area contributed by atoms with E-state index in [9.17, 15) is 18.0 Å². The Morgan fingerprint density at radius 1 is 1.07 bits per heavy atom. The van der Waals surface area contributed by atoms with E-state index < -0.39 is 16.0 Å². The van der Waals surface area contributed by atoms with Crippen LogP contribution in [0, 0.1) is 0 Å². The molecule has 1 aliphatic heterocycles. The number of hydrogen-bond acceptors (Lipinski definition) is 5. The highest BCUT2D eigenvalue weighted by molar-refractivity contribution is 7.92. The minimum atomic E-state index is -3.73. The van der Waals surface area contributed by atoms with E-state index >= 15 is 0 Å². The molecule has 0 spiro atoms. The molecule has 4 rings (SSSR count). The van der Waals surface area contributed by atoms with Crippen molar-refractivity contribution in [1.82, 2.24) is 5.32 Å². The number of anilines is 1. The monoisotopic (exact) mass is 414 g/mol. The Labute approximate surface area is 169 Å². The average molecular weight is 414 g/mol. The van der Waals surface area contributed by atoms with Crippen molar-refractivity contribution in [3.63, 3.8) is 0 Å². The summed E-state index contributed by atoms with van der Waals surface area (Å²) in [5.74, 6) is -0.993. The molecule has 0 atom stereocenters. The molecule has 1 saturated carbocycles. The zero-order chi connectivity index (χ0) is 20.4. The maximum absolute atomic E-state index is 13.1. The van der Waals surface area contributed by atoms with E-state index in [2.05, 4.69) is 5.32 Å². The maximum atomic E-state index is 13.1. The lowest BCUT2D eigenvalue weighted by Crippen LogP contribution is -2.35. The summed E-state index contributed by atoms with van der Waals surface area (Å²) in [5.41, 5.74) is 1.90. The molecule has 1 heterocycles. The molecule has 0 saturated heterocycles. The number of benzene rings is 2. The van der Waals surface area contributed by atoms with Crippen LogP contribution in [0.5, 0.6) is 0 Å². The van der Waals surface area contributed by atoms with Crippen molar-refractivity contribution in [3.8, 4) is 0 Å². The summed E-state index contributed by atoms with van der Waals surface area (Å²) >= 11 is 0. The van der Waals surface area contributed by atoms with Crippen molar-refractivity contribution in [2.75, 3.05) is 17.5 Å². The van der Waals surface area contributed by atoms with Crippen LogP contribution in [-0.2, 0) is 26.0 Å². The number of amides is 1. The first-order valence-corrected chi connectivity index (χ1v) is 11.1. The number of nitrogens with zero attached hydrogens (tertiary/aromatic N) is 1. The third-order valence-corrected chi connectivity index (χ3v) is 6.85. The topological polar surface area (TPSA) is 92.8 Å². The van der Waals surface area contributed by atoms with Gasteiger partial charge in [0.05, 0.1) is 16.1 Å². The lowest BCUT2D eigenvalue weighted by molar-refractivity contribution is -0.124. The second-order valence-electron chi connectivity index (χ2n) is 7.25. The van der Waals surface area contributed by atoms with Crippen LogP contribution in [-0.4, -0.2) is 39.5 Å². The molecule has 2 aliphatic rings. The predicted molar refractivity (Wildman–Crippen MR) is 107 cm³/mol. The zero-order valence-electron chi connectivity index (χ0n) is 15.8. The van der Waals surface area contributed by atoms with E-state index in [1.165, 1.54) is 28.6 Å². The fraction of sp³-hybridized carbons (Fsp3) is 0.333. The number of para-hydroxylation sites is 1. The molecule has 2 aromatic rings. The predicted octanol–water partition coefficient (Wildman–Crippen LogP) is 2.26. The van der Waals surface area contributed by atoms with Crippen molar-refractivity contribution in [2.24, 2.45) is 0 Å². The molecular formula is C21H22N2O5S. The number of ether oxygens (including phenoxy) is 1. The molecule has 29 heavy (non-hydrogen) atoms. The molecule has 7 nitrogen and oxygen atoms in total. The number of rotatable bonds is 6. The van der Waals surface area contributed by atoms with E-state index in [0.29, 0.717) is 12.2 Å². The Balaban J connectivity index is 1.46. The smallest absolute Gasteiger partial charge is 0.338 e. The van der Waals surface area contributed by atoms with E-state index in [1.807, 2.05) is 24.3 Å². The van der Waals surface area contributed by atoms with Gasteiger partial charge >= 0.3 is 5.97 Å². The summed E-state index contributed by atoms with van der Waals surface area (Å²) in [6, 6.07) is 13.3. The van der Waals surface area contributed by atoms with Gasteiger partial charge in [-0.25, -0.2) is 13.2 Å². The van der Waals surface area contributed by atoms with Crippen molar-refractivity contribution in [1.29, 1.82) is 0 Å². The molecule has 0 aromatic heterocycles. The second-order valence-corrected chi connectivity index (χ2v) is 9.11. The molecule has 1 N–H and O–H groups in total. The summed E-state index contributed by atoms with van der Waals surface area (Å²) in [4.78, 5) is 23.8. The van der Waals surface area contributed by atoms with Crippen molar-refractivity contribution in [2.45, 2.75) is 36.6 Å². The summed E-state index contributed by atoms with van der Waals surface area (Å²) in [5, 5.41) is 2.73. The number of fused-ring (bicyclic) bond motifs is 1. The van der Waals surface area contributed by atoms with Gasteiger partial charge in [-0.15, -0.1) is 0 Å². The van der Waals surface area contributed by atoms with Crippen LogP contribution < -0.4 is 9.62 Å². The number of nitrogens with one attached hydrogen (secondary N) is 1. The normalized spacial score (nSPS) is 16.1. The third-order valence-electron chi connectivity index (χ3n) is 5.02. The minimum Gasteiger partial charge on any atom is -0.452 e. The average Bonchev–Trinajstić information content (AvgIpc) is 3.55. The molecule has 0 radical (unpaired) electrons. The number of carbonyl (C=O) groups is 2. The minimum absolute atomic E-state index is 0.109. The van der Waals surface area contributed by atoms with E-state index in [1.54, 1.807) is 0 Å². The SMILES string of the molecule is O=C(COC(=O)c1ccc(S(=O)(=O)N2CCCc3ccccc32)cc1)NC1CC1. The zero-order valence-corrected chi connectivity index (χ0v) is 16.7. The van der Waals surface area contributed by atoms with Gasteiger partial charge in [-0.05, 0) is 61.6 Å². The molecule has 1 fully saturated rings. The van der Waals surface area contributed by atoms with Crippen molar-refractivity contribution in [3.05, 3.63) is 59.7 Å². The van der Waals surface area contributed by atoms with Crippen LogP contribution in [0.3, 0.4) is 0 Å². The molecule has 152 valence electrons. The fourth-order valence-electron chi connectivity index (χ4n) is 3.35. The quantitative estimate of drug-likeness (QED) is 0.732. The number of aryl methyl sites for hydroxylation is 1. The lowest BCUT2D eigenvalue weighted by atomic mass is 10.0. The van der Waals surface area contributed by atoms with Crippen molar-refractivity contribution < 1.29 is 22.7 Å². The van der Waals surface area contributed by atoms with Crippen LogP contribution >= 0.6 is 0 Å². The first kappa shape index (κ1) is 19.4. The van der Waals surface area contributed by atoms with Gasteiger partial charge in [-0.3, -0.25) is 9.10 Å². The van der Waals surface area contributed by atoms with Crippen LogP contribution in [0.25, 0.3) is 0 Å². The van der Waals surface area contributed by atoms with Gasteiger partial charge in [0.2, 0.25) is 0 Å². The summed E-state index contributed by atoms with van der Waals surface area (Å²) in [7, 11) is -3.73. The molecule has 0 unspecified atom stereocenters. The highest BCUT2D eigenvalue weighted by atomic mass is 32.2. The van der Waals surface area contributed by atoms with E-state index in [-0.39, 0.29) is 29.0 Å². The maximum Gasteiger partial charge on any atom is 0.338 e. The van der Waals surface area contributed by atoms with Gasteiger partial charge in [0.1, 0.15) is 0 Å². The standard InChI is InChI=1S/C21H22N2O5S/c24-20(22-17-9-10-17)14-28-21(25)16-7-11-18(12-8-16)29(26,27)23-13-3-5-15-4-1-2-6-19(15)23/h1-2,4,6-8,11-12,17H,3,5,9-10,13-14H2,(H,22,24). The largest absolute Gasteiger partial charge is 0.452 e. The Morgan fingerprint density at radius 3 is 2.52 bits per heavy atom. The highest BCUT2D eigenvalue weighted by Crippen LogP contribution is 2.31. The molecule has 1 amide bonds. The first-order valence-electron chi connectivity index (χ1n) is 9.62. The van der Waals surface area contributed by atoms with Crippen LogP contribution in [0.1, 0.15) is 35.2 Å². The van der Waals surface area contributed by atoms with E-state index in [4.69, 9.17) is 4.74 Å². The van der Waals surface area contributed by atoms with Gasteiger partial charge in [-0.2, -0.15) is 0 Å². The van der Waals surface area contributed by atoms with Crippen molar-refractivity contribution >= 4 is 27.6 Å². The summed E-state index contributed by atoms with van der Waals surface area (Å²) < 4.78 is 32.6. The highest BCUT2D eigenvalue weighted by Gasteiger charge is 2.29. The fourth-order valence-corrected chi connectivity index (χ4v) is 4.89. The molecule has 8 heteroatoms. The van der Waals surface area contributed by atoms with Gasteiger partial charge in [0.15, 0.2) is 6.61 Å². The number of carbonyl (C=O) groups excluding carboxylic acids is 2. The third kappa shape index (κ3) is 4.27. The van der Waals surface area contributed by atoms with Gasteiger partial charge in [0.25, 0.3) is 15.9 Å². The summed E-state index contributed by atoms with van der Waals surface area (Å²) in [6.07, 6.45) is 3.51. The molecule has 2 aromatic carbocycles.